The SMILES string of the molecule is CCCCCCCCCCCCc1cc(C#Cc2ccc(SC(C)=O)cc2)ccc1C#C[Si](C)(C)C. The standard InChI is InChI=1S/C33H44OSSi/c1-6-7-8-9-10-11-12-13-14-15-16-32-27-30(19-22-31(32)25-26-36(3,4)5)18-17-29-20-23-33(24-21-29)35-28(2)34/h19-24,27H,6-16H2,1-5H3. The largest absolute Gasteiger partial charge is 0.287 e. The van der Waals surface area contributed by atoms with Gasteiger partial charge < -0.3 is 0 Å². The van der Waals surface area contributed by atoms with E-state index in [1.807, 2.05) is 24.3 Å². The smallest absolute Gasteiger partial charge is 0.190 e. The predicted octanol–water partition coefficient (Wildman–Crippen LogP) is 9.42. The molecule has 0 bridgehead atoms. The van der Waals surface area contributed by atoms with Gasteiger partial charge in [-0.3, -0.25) is 4.79 Å². The third-order valence-corrected chi connectivity index (χ3v) is 7.61. The van der Waals surface area contributed by atoms with E-state index in [0.717, 1.165) is 22.4 Å². The first-order valence-corrected chi connectivity index (χ1v) is 18.0. The summed E-state index contributed by atoms with van der Waals surface area (Å²) >= 11 is 1.25. The van der Waals surface area contributed by atoms with Crippen LogP contribution >= 0.6 is 11.8 Å². The highest BCUT2D eigenvalue weighted by Crippen LogP contribution is 2.19. The molecule has 0 atom stereocenters. The first-order valence-electron chi connectivity index (χ1n) is 13.7. The number of carbonyl (C=O) groups is 1. The molecule has 2 aromatic carbocycles. The molecule has 2 rings (SSSR count). The fourth-order valence-electron chi connectivity index (χ4n) is 3.97. The maximum absolute atomic E-state index is 11.3. The second-order valence-corrected chi connectivity index (χ2v) is 16.7. The predicted molar refractivity (Wildman–Crippen MR) is 161 cm³/mol. The highest BCUT2D eigenvalue weighted by atomic mass is 32.2. The van der Waals surface area contributed by atoms with Crippen LogP contribution in [0.5, 0.6) is 0 Å². The summed E-state index contributed by atoms with van der Waals surface area (Å²) in [6.45, 7) is 10.7. The summed E-state index contributed by atoms with van der Waals surface area (Å²) in [5, 5.41) is 0.0982. The average molecular weight is 517 g/mol. The van der Waals surface area contributed by atoms with E-state index in [1.165, 1.54) is 87.1 Å². The molecule has 0 saturated heterocycles. The Morgan fingerprint density at radius 3 is 1.89 bits per heavy atom. The van der Waals surface area contributed by atoms with Crippen LogP contribution in [0, 0.1) is 23.3 Å². The molecule has 0 aromatic heterocycles. The highest BCUT2D eigenvalue weighted by molar-refractivity contribution is 8.13. The minimum atomic E-state index is -1.43. The zero-order valence-electron chi connectivity index (χ0n) is 23.1. The first kappa shape index (κ1) is 30.0. The molecule has 2 aromatic rings. The summed E-state index contributed by atoms with van der Waals surface area (Å²) in [6, 6.07) is 14.4. The average Bonchev–Trinajstić information content (AvgIpc) is 2.83. The number of thioether (sulfide) groups is 1. The van der Waals surface area contributed by atoms with Gasteiger partial charge >= 0.3 is 0 Å². The molecule has 3 heteroatoms. The van der Waals surface area contributed by atoms with E-state index in [9.17, 15) is 4.79 Å². The molecule has 0 heterocycles. The van der Waals surface area contributed by atoms with E-state index in [4.69, 9.17) is 0 Å². The molecule has 0 saturated carbocycles. The molecule has 0 aliphatic carbocycles. The molecular weight excluding hydrogens is 473 g/mol. The third kappa shape index (κ3) is 13.2. The van der Waals surface area contributed by atoms with Crippen LogP contribution in [0.2, 0.25) is 19.6 Å². The lowest BCUT2D eigenvalue weighted by molar-refractivity contribution is -0.109. The summed E-state index contributed by atoms with van der Waals surface area (Å²) in [5.41, 5.74) is 8.04. The van der Waals surface area contributed by atoms with Crippen LogP contribution in [0.25, 0.3) is 0 Å². The van der Waals surface area contributed by atoms with E-state index in [-0.39, 0.29) is 5.12 Å². The van der Waals surface area contributed by atoms with Crippen molar-refractivity contribution in [2.45, 2.75) is 109 Å². The Kier molecular flexibility index (Phi) is 13.8. The fourth-order valence-corrected chi connectivity index (χ4v) is 5.09. The maximum atomic E-state index is 11.3. The number of carbonyl (C=O) groups excluding carboxylic acids is 1. The molecule has 192 valence electrons. The van der Waals surface area contributed by atoms with Gasteiger partial charge in [-0.1, -0.05) is 114 Å². The monoisotopic (exact) mass is 516 g/mol. The highest BCUT2D eigenvalue weighted by Gasteiger charge is 2.09. The van der Waals surface area contributed by atoms with Gasteiger partial charge in [0.25, 0.3) is 0 Å². The van der Waals surface area contributed by atoms with Gasteiger partial charge in [-0.15, -0.1) is 5.54 Å². The minimum absolute atomic E-state index is 0.0982. The van der Waals surface area contributed by atoms with Crippen LogP contribution in [-0.4, -0.2) is 13.2 Å². The Bertz CT molecular complexity index is 1070. The van der Waals surface area contributed by atoms with Crippen molar-refractivity contribution in [2.75, 3.05) is 0 Å². The van der Waals surface area contributed by atoms with Crippen LogP contribution in [0.3, 0.4) is 0 Å². The van der Waals surface area contributed by atoms with Crippen LogP contribution in [0.15, 0.2) is 47.4 Å². The summed E-state index contributed by atoms with van der Waals surface area (Å²) in [6.07, 6.45) is 14.6. The minimum Gasteiger partial charge on any atom is -0.287 e. The fraction of sp³-hybridized carbons (Fsp3) is 0.485. The van der Waals surface area contributed by atoms with Crippen molar-refractivity contribution in [3.05, 3.63) is 64.7 Å². The Labute approximate surface area is 226 Å². The Balaban J connectivity index is 2.00. The molecule has 0 radical (unpaired) electrons. The van der Waals surface area contributed by atoms with Crippen molar-refractivity contribution < 1.29 is 4.79 Å². The second-order valence-electron chi connectivity index (χ2n) is 10.7. The number of rotatable bonds is 12. The number of hydrogen-bond acceptors (Lipinski definition) is 2. The topological polar surface area (TPSA) is 17.1 Å². The lowest BCUT2D eigenvalue weighted by Gasteiger charge is -2.08. The molecule has 0 aliphatic rings. The van der Waals surface area contributed by atoms with E-state index in [0.29, 0.717) is 0 Å². The number of unbranched alkanes of at least 4 members (excludes halogenated alkanes) is 9. The van der Waals surface area contributed by atoms with Gasteiger partial charge in [0.1, 0.15) is 8.07 Å². The van der Waals surface area contributed by atoms with E-state index in [1.54, 1.807) is 6.92 Å². The number of aryl methyl sites for hydroxylation is 1. The van der Waals surface area contributed by atoms with Gasteiger partial charge in [-0.25, -0.2) is 0 Å². The summed E-state index contributed by atoms with van der Waals surface area (Å²) in [4.78, 5) is 12.2. The number of benzene rings is 2. The quantitative estimate of drug-likeness (QED) is 0.121. The Hall–Kier alpha value is -2.20. The van der Waals surface area contributed by atoms with Crippen LogP contribution < -0.4 is 0 Å². The zero-order chi connectivity index (χ0) is 26.2. The molecular formula is C33H44OSSi. The van der Waals surface area contributed by atoms with Gasteiger partial charge in [0.2, 0.25) is 0 Å². The Morgan fingerprint density at radius 1 is 0.750 bits per heavy atom. The van der Waals surface area contributed by atoms with Crippen LogP contribution in [0.4, 0.5) is 0 Å². The summed E-state index contributed by atoms with van der Waals surface area (Å²) < 4.78 is 0. The molecule has 0 amide bonds. The zero-order valence-corrected chi connectivity index (χ0v) is 25.0. The molecule has 1 nitrogen and oxygen atoms in total. The van der Waals surface area contributed by atoms with E-state index in [2.05, 4.69) is 68.1 Å². The van der Waals surface area contributed by atoms with Gasteiger partial charge in [-0.2, -0.15) is 0 Å². The number of hydrogen-bond donors (Lipinski definition) is 0. The van der Waals surface area contributed by atoms with Crippen LogP contribution in [0.1, 0.15) is 100 Å². The van der Waals surface area contributed by atoms with Crippen molar-refractivity contribution in [3.8, 4) is 23.3 Å². The van der Waals surface area contributed by atoms with Crippen molar-refractivity contribution in [1.82, 2.24) is 0 Å². The van der Waals surface area contributed by atoms with Gasteiger partial charge in [0.05, 0.1) is 0 Å². The molecule has 0 fully saturated rings. The molecule has 0 N–H and O–H groups in total. The molecule has 0 spiro atoms. The normalized spacial score (nSPS) is 10.8. The molecule has 0 aliphatic heterocycles. The van der Waals surface area contributed by atoms with Gasteiger partial charge in [0.15, 0.2) is 5.12 Å². The summed E-state index contributed by atoms with van der Waals surface area (Å²) in [7, 11) is -1.43. The lowest BCUT2D eigenvalue weighted by Crippen LogP contribution is -2.16. The van der Waals surface area contributed by atoms with Gasteiger partial charge in [-0.05, 0) is 60.9 Å². The van der Waals surface area contributed by atoms with Gasteiger partial charge in [0, 0.05) is 28.5 Å². The lowest BCUT2D eigenvalue weighted by atomic mass is 9.98. The van der Waals surface area contributed by atoms with E-state index < -0.39 is 8.07 Å². The second kappa shape index (κ2) is 16.5. The van der Waals surface area contributed by atoms with E-state index >= 15 is 0 Å². The van der Waals surface area contributed by atoms with Crippen molar-refractivity contribution in [3.63, 3.8) is 0 Å². The van der Waals surface area contributed by atoms with Crippen molar-refractivity contribution >= 4 is 25.0 Å². The molecule has 36 heavy (non-hydrogen) atoms. The summed E-state index contributed by atoms with van der Waals surface area (Å²) in [5.74, 6) is 10.1. The van der Waals surface area contributed by atoms with Crippen molar-refractivity contribution in [2.24, 2.45) is 0 Å². The van der Waals surface area contributed by atoms with Crippen LogP contribution in [-0.2, 0) is 11.2 Å². The maximum Gasteiger partial charge on any atom is 0.190 e. The molecule has 0 unspecified atom stereocenters. The first-order chi connectivity index (χ1) is 17.3. The van der Waals surface area contributed by atoms with Crippen molar-refractivity contribution in [1.29, 1.82) is 0 Å². The third-order valence-electron chi connectivity index (χ3n) is 5.94. The Morgan fingerprint density at radius 2 is 1.31 bits per heavy atom.